The third-order valence-corrected chi connectivity index (χ3v) is 4.60. The van der Waals surface area contributed by atoms with E-state index in [1.54, 1.807) is 0 Å². The lowest BCUT2D eigenvalue weighted by atomic mass is 9.94. The Labute approximate surface area is 121 Å². The third kappa shape index (κ3) is 2.82. The van der Waals surface area contributed by atoms with Crippen LogP contribution in [0.4, 0.5) is 0 Å². The van der Waals surface area contributed by atoms with Crippen molar-refractivity contribution in [1.82, 2.24) is 15.1 Å². The van der Waals surface area contributed by atoms with E-state index in [1.165, 1.54) is 0 Å². The second-order valence-electron chi connectivity index (χ2n) is 6.34. The van der Waals surface area contributed by atoms with E-state index >= 15 is 0 Å². The first-order valence-corrected chi connectivity index (χ1v) is 7.80. The maximum Gasteiger partial charge on any atom is 0.246 e. The minimum Gasteiger partial charge on any atom is -0.342 e. The number of piperazine rings is 1. The number of carbonyl (C=O) groups is 2. The van der Waals surface area contributed by atoms with Gasteiger partial charge in [-0.15, -0.1) is 0 Å². The van der Waals surface area contributed by atoms with Crippen LogP contribution in [0.25, 0.3) is 0 Å². The number of rotatable bonds is 3. The maximum absolute atomic E-state index is 12.7. The first-order chi connectivity index (χ1) is 9.45. The normalized spacial score (nSPS) is 32.6. The van der Waals surface area contributed by atoms with Gasteiger partial charge in [-0.25, -0.2) is 0 Å². The van der Waals surface area contributed by atoms with Crippen LogP contribution in [0.1, 0.15) is 40.5 Å². The van der Waals surface area contributed by atoms with Gasteiger partial charge in [-0.3, -0.25) is 9.59 Å². The van der Waals surface area contributed by atoms with E-state index in [-0.39, 0.29) is 35.9 Å². The summed E-state index contributed by atoms with van der Waals surface area (Å²) in [6.07, 6.45) is 2.10. The zero-order valence-electron chi connectivity index (χ0n) is 13.1. The van der Waals surface area contributed by atoms with Crippen LogP contribution >= 0.6 is 0 Å². The molecule has 0 aromatic carbocycles. The molecule has 0 aliphatic carbocycles. The van der Waals surface area contributed by atoms with Crippen molar-refractivity contribution in [1.29, 1.82) is 0 Å². The predicted molar refractivity (Wildman–Crippen MR) is 78.2 cm³/mol. The topological polar surface area (TPSA) is 52.6 Å². The smallest absolute Gasteiger partial charge is 0.246 e. The number of hydrogen-bond acceptors (Lipinski definition) is 3. The van der Waals surface area contributed by atoms with E-state index in [2.05, 4.69) is 17.1 Å². The lowest BCUT2D eigenvalue weighted by molar-refractivity contribution is -0.154. The quantitative estimate of drug-likeness (QED) is 0.834. The fourth-order valence-corrected chi connectivity index (χ4v) is 3.31. The van der Waals surface area contributed by atoms with Crippen LogP contribution in [0.3, 0.4) is 0 Å². The van der Waals surface area contributed by atoms with Gasteiger partial charge in [0.25, 0.3) is 0 Å². The molecule has 0 bridgehead atoms. The SMILES string of the molecule is CCN1CCCC(N2C(=O)C(C(C)C)NC(=O)C2C)C1. The largest absolute Gasteiger partial charge is 0.342 e. The number of nitrogens with one attached hydrogen (secondary N) is 1. The molecule has 2 heterocycles. The molecule has 0 aromatic rings. The predicted octanol–water partition coefficient (Wildman–Crippen LogP) is 0.842. The Morgan fingerprint density at radius 1 is 1.35 bits per heavy atom. The Bertz CT molecular complexity index is 383. The summed E-state index contributed by atoms with van der Waals surface area (Å²) in [5, 5.41) is 2.87. The Morgan fingerprint density at radius 2 is 2.05 bits per heavy atom. The standard InChI is InChI=1S/C15H27N3O2/c1-5-17-8-6-7-12(9-17)18-11(4)14(19)16-13(10(2)3)15(18)20/h10-13H,5-9H2,1-4H3,(H,16,19). The number of likely N-dealkylation sites (N-methyl/N-ethyl adjacent to an activating group) is 1. The number of carbonyl (C=O) groups excluding carboxylic acids is 2. The van der Waals surface area contributed by atoms with E-state index in [0.717, 1.165) is 32.5 Å². The Kier molecular flexibility index (Phi) is 4.68. The molecule has 5 nitrogen and oxygen atoms in total. The minimum atomic E-state index is -0.365. The van der Waals surface area contributed by atoms with Crippen molar-refractivity contribution in [2.24, 2.45) is 5.92 Å². The molecule has 5 heteroatoms. The third-order valence-electron chi connectivity index (χ3n) is 4.60. The highest BCUT2D eigenvalue weighted by Gasteiger charge is 2.43. The Hall–Kier alpha value is -1.10. The molecule has 1 N–H and O–H groups in total. The molecule has 2 amide bonds. The van der Waals surface area contributed by atoms with Gasteiger partial charge in [0.1, 0.15) is 12.1 Å². The monoisotopic (exact) mass is 281 g/mol. The molecule has 0 aromatic heterocycles. The first-order valence-electron chi connectivity index (χ1n) is 7.80. The number of piperidine rings is 1. The zero-order chi connectivity index (χ0) is 14.9. The average Bonchev–Trinajstić information content (AvgIpc) is 2.43. The van der Waals surface area contributed by atoms with Gasteiger partial charge in [0.05, 0.1) is 0 Å². The molecule has 0 spiro atoms. The summed E-state index contributed by atoms with van der Waals surface area (Å²) < 4.78 is 0. The van der Waals surface area contributed by atoms with E-state index in [0.29, 0.717) is 0 Å². The highest BCUT2D eigenvalue weighted by Crippen LogP contribution is 2.23. The fraction of sp³-hybridized carbons (Fsp3) is 0.867. The molecule has 20 heavy (non-hydrogen) atoms. The van der Waals surface area contributed by atoms with Crippen molar-refractivity contribution in [3.05, 3.63) is 0 Å². The van der Waals surface area contributed by atoms with Gasteiger partial charge in [-0.05, 0) is 38.8 Å². The van der Waals surface area contributed by atoms with Gasteiger partial charge in [-0.2, -0.15) is 0 Å². The summed E-state index contributed by atoms with van der Waals surface area (Å²) in [5.74, 6) is 0.208. The van der Waals surface area contributed by atoms with Crippen LogP contribution in [0, 0.1) is 5.92 Å². The average molecular weight is 281 g/mol. The molecule has 3 atom stereocenters. The molecule has 2 saturated heterocycles. The summed E-state index contributed by atoms with van der Waals surface area (Å²) in [4.78, 5) is 29.1. The van der Waals surface area contributed by atoms with Gasteiger partial charge in [0.15, 0.2) is 0 Å². The molecular formula is C15H27N3O2. The number of nitrogens with zero attached hydrogens (tertiary/aromatic N) is 2. The summed E-state index contributed by atoms with van der Waals surface area (Å²) >= 11 is 0. The van der Waals surface area contributed by atoms with Crippen LogP contribution in [0.2, 0.25) is 0 Å². The summed E-state index contributed by atoms with van der Waals surface area (Å²) in [7, 11) is 0. The van der Waals surface area contributed by atoms with Crippen LogP contribution in [-0.4, -0.2) is 59.4 Å². The maximum atomic E-state index is 12.7. The molecule has 2 rings (SSSR count). The molecule has 3 unspecified atom stereocenters. The Balaban J connectivity index is 2.18. The summed E-state index contributed by atoms with van der Waals surface area (Å²) in [5.41, 5.74) is 0. The van der Waals surface area contributed by atoms with Crippen molar-refractivity contribution in [3.63, 3.8) is 0 Å². The van der Waals surface area contributed by atoms with Crippen LogP contribution in [-0.2, 0) is 9.59 Å². The van der Waals surface area contributed by atoms with Crippen LogP contribution < -0.4 is 5.32 Å². The fourth-order valence-electron chi connectivity index (χ4n) is 3.31. The van der Waals surface area contributed by atoms with Crippen molar-refractivity contribution in [2.75, 3.05) is 19.6 Å². The minimum absolute atomic E-state index is 0.0167. The van der Waals surface area contributed by atoms with Crippen molar-refractivity contribution >= 4 is 11.8 Å². The molecule has 2 aliphatic rings. The van der Waals surface area contributed by atoms with Crippen LogP contribution in [0.5, 0.6) is 0 Å². The molecule has 2 fully saturated rings. The van der Waals surface area contributed by atoms with E-state index in [9.17, 15) is 9.59 Å². The van der Waals surface area contributed by atoms with E-state index in [1.807, 2.05) is 25.7 Å². The Morgan fingerprint density at radius 3 is 2.65 bits per heavy atom. The van der Waals surface area contributed by atoms with Gasteiger partial charge < -0.3 is 15.1 Å². The molecule has 114 valence electrons. The lowest BCUT2D eigenvalue weighted by Gasteiger charge is -2.46. The highest BCUT2D eigenvalue weighted by molar-refractivity contribution is 5.97. The summed E-state index contributed by atoms with van der Waals surface area (Å²) in [6, 6.07) is -0.534. The zero-order valence-corrected chi connectivity index (χ0v) is 13.1. The number of amides is 2. The van der Waals surface area contributed by atoms with E-state index in [4.69, 9.17) is 0 Å². The molecule has 0 saturated carbocycles. The first kappa shape index (κ1) is 15.3. The molecule has 2 aliphatic heterocycles. The number of hydrogen-bond donors (Lipinski definition) is 1. The van der Waals surface area contributed by atoms with Gasteiger partial charge in [0, 0.05) is 12.6 Å². The van der Waals surface area contributed by atoms with Gasteiger partial charge >= 0.3 is 0 Å². The van der Waals surface area contributed by atoms with Gasteiger partial charge in [0.2, 0.25) is 11.8 Å². The number of likely N-dealkylation sites (tertiary alicyclic amines) is 1. The van der Waals surface area contributed by atoms with Crippen LogP contribution in [0.15, 0.2) is 0 Å². The second-order valence-corrected chi connectivity index (χ2v) is 6.34. The second kappa shape index (κ2) is 6.12. The van der Waals surface area contributed by atoms with Crippen molar-refractivity contribution in [2.45, 2.75) is 58.7 Å². The molecular weight excluding hydrogens is 254 g/mol. The lowest BCUT2D eigenvalue weighted by Crippen LogP contribution is -2.67. The molecule has 0 radical (unpaired) electrons. The summed E-state index contributed by atoms with van der Waals surface area (Å²) in [6.45, 7) is 11.0. The van der Waals surface area contributed by atoms with Crippen molar-refractivity contribution < 1.29 is 9.59 Å². The van der Waals surface area contributed by atoms with Gasteiger partial charge in [-0.1, -0.05) is 20.8 Å². The van der Waals surface area contributed by atoms with Crippen molar-refractivity contribution in [3.8, 4) is 0 Å². The van der Waals surface area contributed by atoms with E-state index < -0.39 is 0 Å². The highest BCUT2D eigenvalue weighted by atomic mass is 16.2.